The van der Waals surface area contributed by atoms with Crippen LogP contribution in [0.2, 0.25) is 0 Å². The largest absolute Gasteiger partial charge is 0.398 e. The lowest BCUT2D eigenvalue weighted by molar-refractivity contribution is 0.0993. The molecule has 0 amide bonds. The first kappa shape index (κ1) is 20.5. The second-order valence-electron chi connectivity index (χ2n) is 8.64. The topological polar surface area (TPSA) is 57.2 Å². The molecule has 4 nitrogen and oxygen atoms in total. The van der Waals surface area contributed by atoms with Crippen LogP contribution in [0, 0.1) is 0 Å². The molecule has 0 unspecified atom stereocenters. The highest BCUT2D eigenvalue weighted by atomic mass is 16.5. The summed E-state index contributed by atoms with van der Waals surface area (Å²) in [6.07, 6.45) is 2.77. The lowest BCUT2D eigenvalue weighted by atomic mass is 9.97. The number of carbonyl (C=O) groups is 1. The third-order valence-electron chi connectivity index (χ3n) is 6.37. The van der Waals surface area contributed by atoms with Gasteiger partial charge in [0.15, 0.2) is 5.78 Å². The van der Waals surface area contributed by atoms with E-state index < -0.39 is 0 Å². The fourth-order valence-corrected chi connectivity index (χ4v) is 4.46. The van der Waals surface area contributed by atoms with Gasteiger partial charge in [-0.2, -0.15) is 0 Å². The molecule has 0 spiro atoms. The zero-order valence-electron chi connectivity index (χ0n) is 18.4. The number of ether oxygens (including phenoxy) is 1. The van der Waals surface area contributed by atoms with Gasteiger partial charge in [-0.25, -0.2) is 0 Å². The number of nitrogens with zero attached hydrogens (tertiary/aromatic N) is 1. The van der Waals surface area contributed by atoms with Crippen molar-refractivity contribution in [1.82, 2.24) is 4.57 Å². The van der Waals surface area contributed by atoms with Crippen LogP contribution in [0.5, 0.6) is 0 Å². The van der Waals surface area contributed by atoms with Crippen molar-refractivity contribution in [2.75, 3.05) is 19.5 Å². The van der Waals surface area contributed by atoms with Crippen molar-refractivity contribution < 1.29 is 9.53 Å². The molecule has 3 aromatic carbocycles. The minimum absolute atomic E-state index is 0.0847. The summed E-state index contributed by atoms with van der Waals surface area (Å²) in [5.41, 5.74) is 13.2. The second kappa shape index (κ2) is 8.64. The molecule has 0 bridgehead atoms. The maximum absolute atomic E-state index is 13.2. The first-order valence-electron chi connectivity index (χ1n) is 11.2. The number of nitrogen functional groups attached to an aromatic ring is 1. The number of fused-ring (bicyclic) bond motifs is 1. The molecule has 0 saturated heterocycles. The number of aromatic nitrogens is 1. The van der Waals surface area contributed by atoms with E-state index >= 15 is 0 Å². The minimum Gasteiger partial charge on any atom is -0.398 e. The van der Waals surface area contributed by atoms with Gasteiger partial charge in [-0.3, -0.25) is 4.79 Å². The van der Waals surface area contributed by atoms with E-state index in [9.17, 15) is 4.79 Å². The zero-order valence-corrected chi connectivity index (χ0v) is 18.4. The molecule has 1 saturated carbocycles. The van der Waals surface area contributed by atoms with Crippen LogP contribution in [0.25, 0.3) is 22.0 Å². The van der Waals surface area contributed by atoms with E-state index in [1.807, 2.05) is 48.5 Å². The predicted octanol–water partition coefficient (Wildman–Crippen LogP) is 5.84. The van der Waals surface area contributed by atoms with Gasteiger partial charge in [0.2, 0.25) is 0 Å². The van der Waals surface area contributed by atoms with Crippen molar-refractivity contribution in [2.24, 2.45) is 0 Å². The van der Waals surface area contributed by atoms with Gasteiger partial charge in [0.05, 0.1) is 6.61 Å². The van der Waals surface area contributed by atoms with Crippen molar-refractivity contribution in [3.63, 3.8) is 0 Å². The van der Waals surface area contributed by atoms with Gasteiger partial charge >= 0.3 is 0 Å². The number of ketones is 1. The van der Waals surface area contributed by atoms with Crippen LogP contribution in [0.4, 0.5) is 5.69 Å². The van der Waals surface area contributed by atoms with Crippen LogP contribution < -0.4 is 5.73 Å². The van der Waals surface area contributed by atoms with Crippen molar-refractivity contribution in [3.8, 4) is 11.1 Å². The van der Waals surface area contributed by atoms with E-state index in [-0.39, 0.29) is 12.2 Å². The monoisotopic (exact) mass is 424 g/mol. The molecule has 5 rings (SSSR count). The normalized spacial score (nSPS) is 13.5. The molecule has 32 heavy (non-hydrogen) atoms. The summed E-state index contributed by atoms with van der Waals surface area (Å²) >= 11 is 0. The molecule has 2 N–H and O–H groups in total. The quantitative estimate of drug-likeness (QED) is 0.286. The van der Waals surface area contributed by atoms with Crippen LogP contribution in [0.1, 0.15) is 40.4 Å². The maximum atomic E-state index is 13.2. The Morgan fingerprint density at radius 1 is 1.00 bits per heavy atom. The minimum atomic E-state index is 0.0847. The Morgan fingerprint density at radius 3 is 2.56 bits per heavy atom. The van der Waals surface area contributed by atoms with E-state index in [1.165, 1.54) is 24.1 Å². The van der Waals surface area contributed by atoms with E-state index in [1.54, 1.807) is 7.11 Å². The van der Waals surface area contributed by atoms with E-state index in [2.05, 4.69) is 28.8 Å². The SMILES string of the molecule is COCCn1c(C2CC2)cc2cc(C(=O)Cc3cc(-c4ccccc4)ccc3N)ccc21. The van der Waals surface area contributed by atoms with Crippen molar-refractivity contribution in [1.29, 1.82) is 0 Å². The Labute approximate surface area is 188 Å². The van der Waals surface area contributed by atoms with Gasteiger partial charge in [0.25, 0.3) is 0 Å². The van der Waals surface area contributed by atoms with E-state index in [4.69, 9.17) is 10.5 Å². The number of anilines is 1. The third kappa shape index (κ3) is 4.06. The molecular weight excluding hydrogens is 396 g/mol. The summed E-state index contributed by atoms with van der Waals surface area (Å²) in [5.74, 6) is 0.723. The Hall–Kier alpha value is -3.37. The summed E-state index contributed by atoms with van der Waals surface area (Å²) in [4.78, 5) is 13.2. The Kier molecular flexibility index (Phi) is 5.54. The Bertz CT molecular complexity index is 1270. The van der Waals surface area contributed by atoms with Crippen LogP contribution in [-0.2, 0) is 17.7 Å². The molecular formula is C28H28N2O2. The van der Waals surface area contributed by atoms with Crippen LogP contribution in [0.15, 0.2) is 72.8 Å². The molecule has 162 valence electrons. The number of hydrogen-bond donors (Lipinski definition) is 1. The molecule has 1 aromatic heterocycles. The highest BCUT2D eigenvalue weighted by molar-refractivity contribution is 6.01. The molecule has 1 aliphatic rings. The van der Waals surface area contributed by atoms with Crippen molar-refractivity contribution >= 4 is 22.4 Å². The van der Waals surface area contributed by atoms with Gasteiger partial charge < -0.3 is 15.0 Å². The third-order valence-corrected chi connectivity index (χ3v) is 6.37. The van der Waals surface area contributed by atoms with Crippen LogP contribution in [0.3, 0.4) is 0 Å². The van der Waals surface area contributed by atoms with Gasteiger partial charge in [-0.1, -0.05) is 36.4 Å². The number of benzene rings is 3. The van der Waals surface area contributed by atoms with E-state index in [0.29, 0.717) is 18.2 Å². The fourth-order valence-electron chi connectivity index (χ4n) is 4.46. The molecule has 1 heterocycles. The molecule has 4 heteroatoms. The molecule has 0 aliphatic heterocycles. The summed E-state index contributed by atoms with van der Waals surface area (Å²) in [6, 6.07) is 24.4. The Balaban J connectivity index is 1.43. The summed E-state index contributed by atoms with van der Waals surface area (Å²) in [6.45, 7) is 1.52. The average Bonchev–Trinajstić information content (AvgIpc) is 3.60. The lowest BCUT2D eigenvalue weighted by Crippen LogP contribution is -2.08. The molecule has 4 aromatic rings. The van der Waals surface area contributed by atoms with Gasteiger partial charge in [-0.15, -0.1) is 0 Å². The van der Waals surface area contributed by atoms with Gasteiger partial charge in [-0.05, 0) is 71.8 Å². The standard InChI is InChI=1S/C28H28N2O2/c1-32-14-13-30-26-12-10-22(16-24(26)17-27(30)20-7-8-20)28(31)18-23-15-21(9-11-25(23)29)19-5-3-2-4-6-19/h2-6,9-12,15-17,20H,7-8,13-14,18,29H2,1H3. The zero-order chi connectivity index (χ0) is 22.1. The molecule has 1 aliphatic carbocycles. The first-order valence-corrected chi connectivity index (χ1v) is 11.2. The number of nitrogens with two attached hydrogens (primary N) is 1. The summed E-state index contributed by atoms with van der Waals surface area (Å²) < 4.78 is 7.67. The number of rotatable bonds is 8. The first-order chi connectivity index (χ1) is 15.6. The van der Waals surface area contributed by atoms with Gasteiger partial charge in [0.1, 0.15) is 0 Å². The number of methoxy groups -OCH3 is 1. The smallest absolute Gasteiger partial charge is 0.167 e. The number of hydrogen-bond acceptors (Lipinski definition) is 3. The molecule has 1 fully saturated rings. The van der Waals surface area contributed by atoms with Crippen LogP contribution in [-0.4, -0.2) is 24.1 Å². The summed E-state index contributed by atoms with van der Waals surface area (Å²) in [5, 5.41) is 1.12. The fraction of sp³-hybridized carbons (Fsp3) is 0.250. The molecule has 0 radical (unpaired) electrons. The Morgan fingerprint density at radius 2 is 1.81 bits per heavy atom. The number of Topliss-reactive ketones (excluding diaryl/α,β-unsaturated/α-hetero) is 1. The predicted molar refractivity (Wildman–Crippen MR) is 130 cm³/mol. The van der Waals surface area contributed by atoms with Crippen molar-refractivity contribution in [2.45, 2.75) is 31.7 Å². The van der Waals surface area contributed by atoms with Gasteiger partial charge in [0, 0.05) is 47.9 Å². The van der Waals surface area contributed by atoms with Crippen molar-refractivity contribution in [3.05, 3.63) is 89.6 Å². The average molecular weight is 425 g/mol. The van der Waals surface area contributed by atoms with Crippen LogP contribution >= 0.6 is 0 Å². The lowest BCUT2D eigenvalue weighted by Gasteiger charge is -2.10. The maximum Gasteiger partial charge on any atom is 0.167 e. The number of carbonyl (C=O) groups excluding carboxylic acids is 1. The highest BCUT2D eigenvalue weighted by Crippen LogP contribution is 2.42. The van der Waals surface area contributed by atoms with E-state index in [0.717, 1.165) is 34.2 Å². The summed E-state index contributed by atoms with van der Waals surface area (Å²) in [7, 11) is 1.73. The highest BCUT2D eigenvalue weighted by Gasteiger charge is 2.28. The second-order valence-corrected chi connectivity index (χ2v) is 8.64. The molecule has 0 atom stereocenters.